The summed E-state index contributed by atoms with van der Waals surface area (Å²) in [7, 11) is 0. The topological polar surface area (TPSA) is 52.6 Å². The van der Waals surface area contributed by atoms with Crippen LogP contribution in [0.2, 0.25) is 0 Å². The molecule has 1 saturated heterocycles. The molecule has 16 heavy (non-hydrogen) atoms. The molecule has 1 fully saturated rings. The molecule has 1 aliphatic heterocycles. The van der Waals surface area contributed by atoms with Gasteiger partial charge in [-0.25, -0.2) is 0 Å². The van der Waals surface area contributed by atoms with Crippen molar-refractivity contribution in [2.24, 2.45) is 0 Å². The van der Waals surface area contributed by atoms with Crippen LogP contribution in [0.4, 0.5) is 0 Å². The Labute approximate surface area is 98.0 Å². The molecule has 0 aromatic rings. The summed E-state index contributed by atoms with van der Waals surface area (Å²) in [6.07, 6.45) is 2.18. The zero-order valence-corrected chi connectivity index (χ0v) is 11.0. The van der Waals surface area contributed by atoms with E-state index in [0.717, 1.165) is 12.8 Å². The Hall–Kier alpha value is -0.610. The Kier molecular flexibility index (Phi) is 3.65. The van der Waals surface area contributed by atoms with Crippen LogP contribution in [-0.4, -0.2) is 33.3 Å². The van der Waals surface area contributed by atoms with Gasteiger partial charge in [-0.3, -0.25) is 4.79 Å². The summed E-state index contributed by atoms with van der Waals surface area (Å²) >= 11 is 0. The molecule has 1 heterocycles. The first kappa shape index (κ1) is 13.5. The van der Waals surface area contributed by atoms with Crippen molar-refractivity contribution in [2.75, 3.05) is 0 Å². The van der Waals surface area contributed by atoms with Gasteiger partial charge in [-0.15, -0.1) is 0 Å². The summed E-state index contributed by atoms with van der Waals surface area (Å²) < 4.78 is 0. The second-order valence-electron chi connectivity index (χ2n) is 5.85. The fourth-order valence-electron chi connectivity index (χ4n) is 2.48. The SMILES string of the molecule is CCCC(=O)NC1CC(C)(C)N(O)C1(C)C. The largest absolute Gasteiger partial charge is 0.351 e. The average Bonchev–Trinajstić information content (AvgIpc) is 2.28. The van der Waals surface area contributed by atoms with Crippen molar-refractivity contribution in [2.45, 2.75) is 71.0 Å². The first-order valence-electron chi connectivity index (χ1n) is 6.00. The minimum absolute atomic E-state index is 0.00606. The molecule has 0 radical (unpaired) electrons. The van der Waals surface area contributed by atoms with E-state index in [9.17, 15) is 10.0 Å². The van der Waals surface area contributed by atoms with Gasteiger partial charge in [-0.1, -0.05) is 6.92 Å². The highest BCUT2D eigenvalue weighted by Gasteiger charge is 2.51. The average molecular weight is 228 g/mol. The van der Waals surface area contributed by atoms with Crippen LogP contribution >= 0.6 is 0 Å². The number of nitrogens with zero attached hydrogens (tertiary/aromatic N) is 1. The predicted octanol–water partition coefficient (Wildman–Crippen LogP) is 1.92. The van der Waals surface area contributed by atoms with Crippen molar-refractivity contribution in [1.82, 2.24) is 10.4 Å². The van der Waals surface area contributed by atoms with Crippen LogP contribution in [0, 0.1) is 0 Å². The lowest BCUT2D eigenvalue weighted by molar-refractivity contribution is -0.194. The number of rotatable bonds is 3. The van der Waals surface area contributed by atoms with Gasteiger partial charge in [0.15, 0.2) is 0 Å². The Morgan fingerprint density at radius 2 is 2.00 bits per heavy atom. The molecular weight excluding hydrogens is 204 g/mol. The van der Waals surface area contributed by atoms with Gasteiger partial charge >= 0.3 is 0 Å². The first-order chi connectivity index (χ1) is 7.21. The summed E-state index contributed by atoms with van der Waals surface area (Å²) in [4.78, 5) is 11.6. The number of hydrogen-bond donors (Lipinski definition) is 2. The highest BCUT2D eigenvalue weighted by molar-refractivity contribution is 5.76. The lowest BCUT2D eigenvalue weighted by atomic mass is 9.94. The third kappa shape index (κ3) is 2.38. The van der Waals surface area contributed by atoms with E-state index in [1.807, 2.05) is 34.6 Å². The van der Waals surface area contributed by atoms with Gasteiger partial charge in [0, 0.05) is 12.0 Å². The number of hydrogen-bond acceptors (Lipinski definition) is 3. The van der Waals surface area contributed by atoms with E-state index in [0.29, 0.717) is 6.42 Å². The molecule has 4 nitrogen and oxygen atoms in total. The fraction of sp³-hybridized carbons (Fsp3) is 0.917. The van der Waals surface area contributed by atoms with Crippen LogP contribution in [0.5, 0.6) is 0 Å². The van der Waals surface area contributed by atoms with Crippen molar-refractivity contribution in [1.29, 1.82) is 0 Å². The van der Waals surface area contributed by atoms with Gasteiger partial charge in [0.25, 0.3) is 0 Å². The third-order valence-electron chi connectivity index (χ3n) is 3.49. The van der Waals surface area contributed by atoms with Gasteiger partial charge in [0.1, 0.15) is 0 Å². The molecule has 1 aliphatic rings. The van der Waals surface area contributed by atoms with E-state index in [-0.39, 0.29) is 17.5 Å². The fourth-order valence-corrected chi connectivity index (χ4v) is 2.48. The monoisotopic (exact) mass is 228 g/mol. The van der Waals surface area contributed by atoms with Crippen LogP contribution in [0.3, 0.4) is 0 Å². The van der Waals surface area contributed by atoms with Gasteiger partial charge in [-0.05, 0) is 40.5 Å². The first-order valence-corrected chi connectivity index (χ1v) is 6.00. The van der Waals surface area contributed by atoms with E-state index >= 15 is 0 Å². The summed E-state index contributed by atoms with van der Waals surface area (Å²) in [5.41, 5.74) is -0.694. The summed E-state index contributed by atoms with van der Waals surface area (Å²) in [6.45, 7) is 9.88. The summed E-state index contributed by atoms with van der Waals surface area (Å²) in [5.74, 6) is 0.0756. The maximum atomic E-state index is 11.6. The number of nitrogens with one attached hydrogen (secondary N) is 1. The third-order valence-corrected chi connectivity index (χ3v) is 3.49. The van der Waals surface area contributed by atoms with E-state index in [2.05, 4.69) is 5.32 Å². The van der Waals surface area contributed by atoms with Gasteiger partial charge in [0.05, 0.1) is 11.6 Å². The van der Waals surface area contributed by atoms with Crippen LogP contribution in [0.15, 0.2) is 0 Å². The van der Waals surface area contributed by atoms with Crippen molar-refractivity contribution < 1.29 is 10.0 Å². The van der Waals surface area contributed by atoms with Crippen molar-refractivity contribution in [3.05, 3.63) is 0 Å². The molecule has 1 amide bonds. The Morgan fingerprint density at radius 1 is 1.44 bits per heavy atom. The smallest absolute Gasteiger partial charge is 0.220 e. The lowest BCUT2D eigenvalue weighted by Gasteiger charge is -2.35. The Morgan fingerprint density at radius 3 is 2.38 bits per heavy atom. The zero-order valence-electron chi connectivity index (χ0n) is 11.0. The van der Waals surface area contributed by atoms with Crippen molar-refractivity contribution >= 4 is 5.91 Å². The van der Waals surface area contributed by atoms with Crippen molar-refractivity contribution in [3.8, 4) is 0 Å². The maximum absolute atomic E-state index is 11.6. The van der Waals surface area contributed by atoms with E-state index < -0.39 is 5.54 Å². The van der Waals surface area contributed by atoms with Crippen LogP contribution in [-0.2, 0) is 4.79 Å². The van der Waals surface area contributed by atoms with Crippen molar-refractivity contribution in [3.63, 3.8) is 0 Å². The molecule has 1 rings (SSSR count). The van der Waals surface area contributed by atoms with Gasteiger partial charge in [0.2, 0.25) is 5.91 Å². The number of hydroxylamine groups is 2. The quantitative estimate of drug-likeness (QED) is 0.776. The number of amides is 1. The lowest BCUT2D eigenvalue weighted by Crippen LogP contribution is -2.53. The molecule has 0 bridgehead atoms. The van der Waals surface area contributed by atoms with Gasteiger partial charge < -0.3 is 10.5 Å². The molecule has 0 aromatic heterocycles. The molecule has 4 heteroatoms. The van der Waals surface area contributed by atoms with E-state index in [1.54, 1.807) is 0 Å². The normalized spacial score (nSPS) is 28.0. The number of carbonyl (C=O) groups is 1. The molecule has 0 spiro atoms. The van der Waals surface area contributed by atoms with Gasteiger partial charge in [-0.2, -0.15) is 5.06 Å². The van der Waals surface area contributed by atoms with Crippen LogP contribution in [0.25, 0.3) is 0 Å². The summed E-state index contributed by atoms with van der Waals surface area (Å²) in [6, 6.07) is 0.00606. The Balaban J connectivity index is 2.72. The molecule has 0 aromatic carbocycles. The highest BCUT2D eigenvalue weighted by atomic mass is 16.5. The van der Waals surface area contributed by atoms with E-state index in [1.165, 1.54) is 5.06 Å². The standard InChI is InChI=1S/C12H24N2O2/c1-6-7-10(15)13-9-8-11(2,3)14(16)12(9,4)5/h9,16H,6-8H2,1-5H3,(H,13,15). The second-order valence-corrected chi connectivity index (χ2v) is 5.85. The predicted molar refractivity (Wildman–Crippen MR) is 63.2 cm³/mol. The zero-order chi connectivity index (χ0) is 12.6. The summed E-state index contributed by atoms with van der Waals surface area (Å²) in [5, 5.41) is 14.5. The van der Waals surface area contributed by atoms with Crippen LogP contribution < -0.4 is 5.32 Å². The molecule has 1 atom stereocenters. The Bertz CT molecular complexity index is 274. The molecule has 94 valence electrons. The minimum Gasteiger partial charge on any atom is -0.351 e. The molecule has 0 aliphatic carbocycles. The van der Waals surface area contributed by atoms with Crippen LogP contribution in [0.1, 0.15) is 53.9 Å². The molecular formula is C12H24N2O2. The maximum Gasteiger partial charge on any atom is 0.220 e. The minimum atomic E-state index is -0.410. The molecule has 1 unspecified atom stereocenters. The highest BCUT2D eigenvalue weighted by Crippen LogP contribution is 2.38. The number of carbonyl (C=O) groups excluding carboxylic acids is 1. The van der Waals surface area contributed by atoms with E-state index in [4.69, 9.17) is 0 Å². The second kappa shape index (κ2) is 4.34. The molecule has 2 N–H and O–H groups in total. The molecule has 0 saturated carbocycles.